The normalized spacial score (nSPS) is 11.6. The second-order valence-electron chi connectivity index (χ2n) is 8.65. The van der Waals surface area contributed by atoms with Gasteiger partial charge in [-0.15, -0.1) is 0 Å². The minimum Gasteiger partial charge on any atom is -0.307 e. The smallest absolute Gasteiger partial charge is 0.267 e. The Labute approximate surface area is 204 Å². The van der Waals surface area contributed by atoms with Crippen LogP contribution in [0.5, 0.6) is 0 Å². The quantitative estimate of drug-likeness (QED) is 0.343. The van der Waals surface area contributed by atoms with Gasteiger partial charge in [-0.3, -0.25) is 19.6 Å². The van der Waals surface area contributed by atoms with Crippen molar-refractivity contribution in [2.24, 2.45) is 0 Å². The molecule has 0 aliphatic rings. The van der Waals surface area contributed by atoms with E-state index in [-0.39, 0.29) is 5.56 Å². The van der Waals surface area contributed by atoms with Crippen molar-refractivity contribution in [1.82, 2.24) is 19.1 Å². The van der Waals surface area contributed by atoms with Crippen LogP contribution >= 0.6 is 0 Å². The highest BCUT2D eigenvalue weighted by Crippen LogP contribution is 2.37. The van der Waals surface area contributed by atoms with Crippen molar-refractivity contribution < 1.29 is 0 Å². The van der Waals surface area contributed by atoms with Crippen LogP contribution < -0.4 is 11.1 Å². The fraction of sp³-hybridized carbons (Fsp3) is 0. The lowest BCUT2D eigenvalue weighted by Gasteiger charge is -2.09. The lowest BCUT2D eigenvalue weighted by molar-refractivity contribution is 0.975. The van der Waals surface area contributed by atoms with Crippen LogP contribution in [0, 0.1) is 0 Å². The number of aromatic nitrogens is 4. The molecule has 4 aromatic heterocycles. The van der Waals surface area contributed by atoms with Crippen molar-refractivity contribution in [2.75, 3.05) is 0 Å². The first-order valence-corrected chi connectivity index (χ1v) is 11.6. The number of fused-ring (bicyclic) bond motifs is 7. The molecule has 4 heterocycles. The molecule has 0 saturated carbocycles. The first-order valence-electron chi connectivity index (χ1n) is 11.6. The Morgan fingerprint density at radius 2 is 1.08 bits per heavy atom. The van der Waals surface area contributed by atoms with Crippen molar-refractivity contribution in [3.63, 3.8) is 0 Å². The highest BCUT2D eigenvalue weighted by Gasteiger charge is 2.20. The molecule has 0 fully saturated rings. The molecule has 0 saturated heterocycles. The van der Waals surface area contributed by atoms with Crippen LogP contribution in [0.3, 0.4) is 0 Å². The van der Waals surface area contributed by atoms with Crippen LogP contribution in [0.4, 0.5) is 0 Å². The summed E-state index contributed by atoms with van der Waals surface area (Å²) in [5.74, 6) is 0. The van der Waals surface area contributed by atoms with Crippen LogP contribution in [-0.2, 0) is 0 Å². The Bertz CT molecular complexity index is 2080. The standard InChI is InChI=1S/C30H18N4O2/c35-29-24-12-11-23-21-13-15-32-18-26(21)33(19-7-3-1-4-8-19)28(23)27(24)22-14-16-31-17-25(22)30(36)34(29)20-9-5-2-6-10-20/h1-18H. The summed E-state index contributed by atoms with van der Waals surface area (Å²) < 4.78 is 3.37. The van der Waals surface area contributed by atoms with E-state index in [2.05, 4.69) is 14.5 Å². The van der Waals surface area contributed by atoms with E-state index in [1.165, 1.54) is 4.57 Å². The van der Waals surface area contributed by atoms with E-state index in [4.69, 9.17) is 0 Å². The van der Waals surface area contributed by atoms with Gasteiger partial charge in [0.15, 0.2) is 0 Å². The van der Waals surface area contributed by atoms with Crippen LogP contribution in [0.25, 0.3) is 54.7 Å². The predicted octanol–water partition coefficient (Wildman–Crippen LogP) is 5.39. The van der Waals surface area contributed by atoms with E-state index in [0.29, 0.717) is 27.2 Å². The van der Waals surface area contributed by atoms with E-state index in [9.17, 15) is 9.59 Å². The topological polar surface area (TPSA) is 69.8 Å². The third-order valence-electron chi connectivity index (χ3n) is 6.72. The number of pyridine rings is 2. The summed E-state index contributed by atoms with van der Waals surface area (Å²) in [6.45, 7) is 0. The van der Waals surface area contributed by atoms with Gasteiger partial charge in [-0.25, -0.2) is 4.57 Å². The zero-order valence-electron chi connectivity index (χ0n) is 19.0. The molecule has 7 aromatic rings. The summed E-state index contributed by atoms with van der Waals surface area (Å²) in [5.41, 5.74) is 2.46. The summed E-state index contributed by atoms with van der Waals surface area (Å²) in [7, 11) is 0. The van der Waals surface area contributed by atoms with Crippen molar-refractivity contribution in [3.8, 4) is 11.4 Å². The van der Waals surface area contributed by atoms with Crippen LogP contribution in [0.15, 0.2) is 119 Å². The number of hydrogen-bond acceptors (Lipinski definition) is 4. The summed E-state index contributed by atoms with van der Waals surface area (Å²) in [4.78, 5) is 36.5. The number of hydrogen-bond donors (Lipinski definition) is 0. The van der Waals surface area contributed by atoms with Gasteiger partial charge < -0.3 is 4.57 Å². The Morgan fingerprint density at radius 3 is 1.81 bits per heavy atom. The molecule has 0 aliphatic carbocycles. The van der Waals surface area contributed by atoms with Crippen molar-refractivity contribution in [1.29, 1.82) is 0 Å². The van der Waals surface area contributed by atoms with Gasteiger partial charge >= 0.3 is 0 Å². The molecule has 0 aliphatic heterocycles. The first-order chi connectivity index (χ1) is 17.7. The maximum atomic E-state index is 14.1. The third kappa shape index (κ3) is 2.78. The number of para-hydroxylation sites is 2. The summed E-state index contributed by atoms with van der Waals surface area (Å²) in [6, 6.07) is 26.6. The molecule has 6 heteroatoms. The molecular weight excluding hydrogens is 448 g/mol. The van der Waals surface area contributed by atoms with Gasteiger partial charge in [-0.1, -0.05) is 42.5 Å². The van der Waals surface area contributed by atoms with Crippen LogP contribution in [0.2, 0.25) is 0 Å². The second-order valence-corrected chi connectivity index (χ2v) is 8.65. The maximum Gasteiger partial charge on any atom is 0.267 e. The molecule has 0 unspecified atom stereocenters. The molecule has 3 aromatic carbocycles. The third-order valence-corrected chi connectivity index (χ3v) is 6.72. The zero-order valence-corrected chi connectivity index (χ0v) is 19.0. The van der Waals surface area contributed by atoms with E-state index in [1.54, 1.807) is 30.7 Å². The van der Waals surface area contributed by atoms with Gasteiger partial charge in [-0.05, 0) is 42.5 Å². The molecular formula is C30H18N4O2. The van der Waals surface area contributed by atoms with E-state index >= 15 is 0 Å². The number of nitrogens with zero attached hydrogens (tertiary/aromatic N) is 4. The average molecular weight is 467 g/mol. The summed E-state index contributed by atoms with van der Waals surface area (Å²) in [5, 5.41) is 4.22. The maximum absolute atomic E-state index is 14.1. The Morgan fingerprint density at radius 1 is 0.500 bits per heavy atom. The Balaban J connectivity index is 1.84. The summed E-state index contributed by atoms with van der Waals surface area (Å²) in [6.07, 6.45) is 6.81. The number of rotatable bonds is 2. The number of benzene rings is 3. The largest absolute Gasteiger partial charge is 0.307 e. The average Bonchev–Trinajstić information content (AvgIpc) is 3.23. The van der Waals surface area contributed by atoms with Crippen LogP contribution in [0.1, 0.15) is 0 Å². The Hall–Kier alpha value is -5.10. The van der Waals surface area contributed by atoms with Gasteiger partial charge in [0.1, 0.15) is 0 Å². The van der Waals surface area contributed by atoms with Crippen molar-refractivity contribution in [2.45, 2.75) is 0 Å². The molecule has 36 heavy (non-hydrogen) atoms. The van der Waals surface area contributed by atoms with E-state index in [1.807, 2.05) is 79.0 Å². The van der Waals surface area contributed by atoms with Gasteiger partial charge in [0.05, 0.1) is 33.7 Å². The van der Waals surface area contributed by atoms with Crippen LogP contribution in [-0.4, -0.2) is 19.1 Å². The fourth-order valence-electron chi connectivity index (χ4n) is 5.18. The lowest BCUT2D eigenvalue weighted by Crippen LogP contribution is -2.28. The zero-order chi connectivity index (χ0) is 24.2. The van der Waals surface area contributed by atoms with E-state index in [0.717, 1.165) is 27.5 Å². The molecule has 170 valence electrons. The van der Waals surface area contributed by atoms with E-state index < -0.39 is 5.56 Å². The van der Waals surface area contributed by atoms with Gasteiger partial charge in [0.25, 0.3) is 11.1 Å². The molecule has 0 bridgehead atoms. The second kappa shape index (κ2) is 7.71. The van der Waals surface area contributed by atoms with Crippen molar-refractivity contribution >= 4 is 43.4 Å². The molecule has 6 nitrogen and oxygen atoms in total. The predicted molar refractivity (Wildman–Crippen MR) is 143 cm³/mol. The molecule has 0 N–H and O–H groups in total. The molecule has 0 spiro atoms. The lowest BCUT2D eigenvalue weighted by atomic mass is 10.0. The summed E-state index contributed by atoms with van der Waals surface area (Å²) >= 11 is 0. The molecule has 0 atom stereocenters. The van der Waals surface area contributed by atoms with Gasteiger partial charge in [0, 0.05) is 45.8 Å². The highest BCUT2D eigenvalue weighted by atomic mass is 16.2. The molecule has 0 radical (unpaired) electrons. The highest BCUT2D eigenvalue weighted by molar-refractivity contribution is 6.24. The van der Waals surface area contributed by atoms with Crippen molar-refractivity contribution in [3.05, 3.63) is 130 Å². The Kier molecular flexibility index (Phi) is 4.35. The van der Waals surface area contributed by atoms with Gasteiger partial charge in [-0.2, -0.15) is 0 Å². The van der Waals surface area contributed by atoms with Gasteiger partial charge in [0.2, 0.25) is 0 Å². The fourth-order valence-corrected chi connectivity index (χ4v) is 5.18. The molecule has 0 amide bonds. The monoisotopic (exact) mass is 466 g/mol. The minimum atomic E-state index is -0.400. The first kappa shape index (κ1) is 20.3. The minimum absolute atomic E-state index is 0.373. The SMILES string of the molecule is O=c1c2cnccc2c2c(ccc3c4ccncc4n(-c4ccccc4)c32)c(=O)n1-c1ccccc1. The molecule has 7 rings (SSSR count).